The second kappa shape index (κ2) is 9.93. The number of carboxylic acid groups (broad SMARTS) is 1. The van der Waals surface area contributed by atoms with Crippen molar-refractivity contribution in [3.8, 4) is 5.75 Å². The van der Waals surface area contributed by atoms with Crippen LogP contribution in [0.4, 0.5) is 0 Å². The molecule has 1 amide bonds. The number of carbonyl (C=O) groups excluding carboxylic acids is 1. The van der Waals surface area contributed by atoms with Crippen LogP contribution >= 0.6 is 12.4 Å². The molecule has 0 aliphatic heterocycles. The zero-order chi connectivity index (χ0) is 19.3. The standard InChI is InChI=1S/C17H19BN2O6.ClH/c19-9-10-4-6-11(7-5-10)16(22)20-14(18(25)26)8-12-2-1-3-13(15(12)21)17(23)24;/h1-7,14,21,25-26H,8-9,19H2,(H,20,22)(H,23,24);1H/t14-;/m0./s1. The lowest BCUT2D eigenvalue weighted by molar-refractivity contribution is 0.0693. The number of hydrogen-bond acceptors (Lipinski definition) is 6. The molecule has 0 saturated heterocycles. The molecule has 7 N–H and O–H groups in total. The van der Waals surface area contributed by atoms with Gasteiger partial charge < -0.3 is 31.3 Å². The Balaban J connectivity index is 0.00000364. The molecule has 144 valence electrons. The second-order valence-corrected chi connectivity index (χ2v) is 5.72. The van der Waals surface area contributed by atoms with Crippen LogP contribution in [0.25, 0.3) is 0 Å². The molecule has 0 aliphatic carbocycles. The lowest BCUT2D eigenvalue weighted by Crippen LogP contribution is -2.47. The van der Waals surface area contributed by atoms with E-state index >= 15 is 0 Å². The van der Waals surface area contributed by atoms with Crippen molar-refractivity contribution in [1.29, 1.82) is 0 Å². The summed E-state index contributed by atoms with van der Waals surface area (Å²) in [5.41, 5.74) is 6.50. The second-order valence-electron chi connectivity index (χ2n) is 5.72. The van der Waals surface area contributed by atoms with Crippen molar-refractivity contribution >= 4 is 31.4 Å². The summed E-state index contributed by atoms with van der Waals surface area (Å²) in [6.07, 6.45) is -0.169. The zero-order valence-electron chi connectivity index (χ0n) is 14.2. The number of benzene rings is 2. The largest absolute Gasteiger partial charge is 0.507 e. The smallest absolute Gasteiger partial charge is 0.475 e. The van der Waals surface area contributed by atoms with Crippen LogP contribution in [0, 0.1) is 0 Å². The van der Waals surface area contributed by atoms with Gasteiger partial charge in [0, 0.05) is 12.1 Å². The Kier molecular flexibility index (Phi) is 8.26. The lowest BCUT2D eigenvalue weighted by Gasteiger charge is -2.19. The maximum Gasteiger partial charge on any atom is 0.475 e. The number of aromatic carboxylic acids is 1. The highest BCUT2D eigenvalue weighted by atomic mass is 35.5. The van der Waals surface area contributed by atoms with Gasteiger partial charge in [0.05, 0.1) is 5.94 Å². The van der Waals surface area contributed by atoms with E-state index in [1.54, 1.807) is 24.3 Å². The van der Waals surface area contributed by atoms with Crippen molar-refractivity contribution in [3.63, 3.8) is 0 Å². The summed E-state index contributed by atoms with van der Waals surface area (Å²) in [6.45, 7) is 0.332. The van der Waals surface area contributed by atoms with Crippen LogP contribution in [-0.4, -0.2) is 45.2 Å². The van der Waals surface area contributed by atoms with Crippen LogP contribution in [0.5, 0.6) is 5.75 Å². The fourth-order valence-electron chi connectivity index (χ4n) is 2.44. The first-order valence-corrected chi connectivity index (χ1v) is 7.83. The van der Waals surface area contributed by atoms with Gasteiger partial charge in [-0.25, -0.2) is 4.79 Å². The molecule has 2 rings (SSSR count). The first-order valence-electron chi connectivity index (χ1n) is 7.83. The molecule has 2 aromatic carbocycles. The number of carboxylic acids is 1. The Hall–Kier alpha value is -2.59. The number of halogens is 1. The number of nitrogens with two attached hydrogens (primary N) is 1. The quantitative estimate of drug-likeness (QED) is 0.370. The van der Waals surface area contributed by atoms with Crippen LogP contribution in [-0.2, 0) is 13.0 Å². The number of para-hydroxylation sites is 1. The van der Waals surface area contributed by atoms with E-state index in [9.17, 15) is 24.7 Å². The third-order valence-electron chi connectivity index (χ3n) is 3.92. The average molecular weight is 395 g/mol. The van der Waals surface area contributed by atoms with E-state index < -0.39 is 30.7 Å². The molecule has 0 fully saturated rings. The Morgan fingerprint density at radius 2 is 1.74 bits per heavy atom. The van der Waals surface area contributed by atoms with Gasteiger partial charge in [0.15, 0.2) is 0 Å². The van der Waals surface area contributed by atoms with E-state index in [1.807, 2.05) is 0 Å². The molecule has 0 radical (unpaired) electrons. The lowest BCUT2D eigenvalue weighted by atomic mass is 9.75. The van der Waals surface area contributed by atoms with Crippen molar-refractivity contribution in [2.75, 3.05) is 0 Å². The Morgan fingerprint density at radius 1 is 1.11 bits per heavy atom. The van der Waals surface area contributed by atoms with Crippen LogP contribution in [0.2, 0.25) is 0 Å². The molecular formula is C17H20BClN2O6. The normalized spacial score (nSPS) is 11.2. The summed E-state index contributed by atoms with van der Waals surface area (Å²) in [7, 11) is -1.91. The van der Waals surface area contributed by atoms with Crippen molar-refractivity contribution in [2.45, 2.75) is 18.9 Å². The highest BCUT2D eigenvalue weighted by Crippen LogP contribution is 2.24. The fraction of sp³-hybridized carbons (Fsp3) is 0.176. The van der Waals surface area contributed by atoms with Crippen molar-refractivity contribution < 1.29 is 29.9 Å². The molecule has 0 aliphatic rings. The molecule has 0 unspecified atom stereocenters. The molecule has 0 bridgehead atoms. The van der Waals surface area contributed by atoms with Crippen molar-refractivity contribution in [1.82, 2.24) is 5.32 Å². The number of carbonyl (C=O) groups is 2. The van der Waals surface area contributed by atoms with Gasteiger partial charge in [0.25, 0.3) is 5.91 Å². The summed E-state index contributed by atoms with van der Waals surface area (Å²) >= 11 is 0. The fourth-order valence-corrected chi connectivity index (χ4v) is 2.44. The molecule has 0 saturated carbocycles. The molecular weight excluding hydrogens is 374 g/mol. The first kappa shape index (κ1) is 22.5. The van der Waals surface area contributed by atoms with Crippen molar-refractivity contribution in [2.24, 2.45) is 5.73 Å². The van der Waals surface area contributed by atoms with Gasteiger partial charge in [-0.05, 0) is 35.7 Å². The predicted molar refractivity (Wildman–Crippen MR) is 102 cm³/mol. The third kappa shape index (κ3) is 5.70. The number of aromatic hydroxyl groups is 1. The van der Waals surface area contributed by atoms with E-state index in [2.05, 4.69) is 5.32 Å². The first-order chi connectivity index (χ1) is 12.3. The molecule has 0 heterocycles. The molecule has 1 atom stereocenters. The summed E-state index contributed by atoms with van der Waals surface area (Å²) in [6, 6.07) is 10.6. The molecule has 2 aromatic rings. The van der Waals surface area contributed by atoms with Crippen LogP contribution in [0.15, 0.2) is 42.5 Å². The molecule has 0 aromatic heterocycles. The van der Waals surface area contributed by atoms with Gasteiger partial charge in [-0.1, -0.05) is 24.3 Å². The van der Waals surface area contributed by atoms with Gasteiger partial charge >= 0.3 is 13.1 Å². The number of phenols is 1. The number of amides is 1. The summed E-state index contributed by atoms with van der Waals surface area (Å²) in [5, 5.41) is 40.6. The minimum Gasteiger partial charge on any atom is -0.507 e. The van der Waals surface area contributed by atoms with Crippen LogP contribution < -0.4 is 11.1 Å². The Morgan fingerprint density at radius 3 is 2.26 bits per heavy atom. The van der Waals surface area contributed by atoms with E-state index in [0.29, 0.717) is 12.1 Å². The van der Waals surface area contributed by atoms with Gasteiger partial charge in [-0.2, -0.15) is 0 Å². The Labute approximate surface area is 162 Å². The monoisotopic (exact) mass is 394 g/mol. The zero-order valence-corrected chi connectivity index (χ0v) is 15.0. The number of hydrogen-bond donors (Lipinski definition) is 6. The summed E-state index contributed by atoms with van der Waals surface area (Å²) in [5.74, 6) is -3.48. The summed E-state index contributed by atoms with van der Waals surface area (Å²) < 4.78 is 0. The minimum absolute atomic E-state index is 0. The molecule has 0 spiro atoms. The molecule has 8 nitrogen and oxygen atoms in total. The number of nitrogens with one attached hydrogen (secondary N) is 1. The molecule has 27 heavy (non-hydrogen) atoms. The van der Waals surface area contributed by atoms with Crippen LogP contribution in [0.1, 0.15) is 31.8 Å². The SMILES string of the molecule is Cl.NCc1ccc(C(=O)N[C@@H](Cc2cccc(C(=O)O)c2O)B(O)O)cc1. The highest BCUT2D eigenvalue weighted by molar-refractivity contribution is 6.43. The van der Waals surface area contributed by atoms with Gasteiger partial charge in [-0.15, -0.1) is 12.4 Å². The van der Waals surface area contributed by atoms with Crippen LogP contribution in [0.3, 0.4) is 0 Å². The predicted octanol–water partition coefficient (Wildman–Crippen LogP) is 0.324. The third-order valence-corrected chi connectivity index (χ3v) is 3.92. The topological polar surface area (TPSA) is 153 Å². The maximum absolute atomic E-state index is 12.3. The minimum atomic E-state index is -1.91. The summed E-state index contributed by atoms with van der Waals surface area (Å²) in [4.78, 5) is 23.4. The van der Waals surface area contributed by atoms with Crippen molar-refractivity contribution in [3.05, 3.63) is 64.7 Å². The maximum atomic E-state index is 12.3. The van der Waals surface area contributed by atoms with Gasteiger partial charge in [-0.3, -0.25) is 4.79 Å². The van der Waals surface area contributed by atoms with Gasteiger partial charge in [0.1, 0.15) is 11.3 Å². The van der Waals surface area contributed by atoms with E-state index in [1.165, 1.54) is 18.2 Å². The Bertz CT molecular complexity index is 801. The van der Waals surface area contributed by atoms with E-state index in [0.717, 1.165) is 5.56 Å². The van der Waals surface area contributed by atoms with E-state index in [-0.39, 0.29) is 30.0 Å². The highest BCUT2D eigenvalue weighted by Gasteiger charge is 2.27. The van der Waals surface area contributed by atoms with Gasteiger partial charge in [0.2, 0.25) is 0 Å². The average Bonchev–Trinajstić information content (AvgIpc) is 2.62. The number of rotatable bonds is 7. The molecule has 10 heteroatoms. The van der Waals surface area contributed by atoms with E-state index in [4.69, 9.17) is 10.8 Å².